The minimum atomic E-state index is -0.0232. The highest BCUT2D eigenvalue weighted by Gasteiger charge is 2.18. The second kappa shape index (κ2) is 8.12. The van der Waals surface area contributed by atoms with Crippen LogP contribution >= 0.6 is 0 Å². The highest BCUT2D eigenvalue weighted by molar-refractivity contribution is 5.81. The molecule has 1 heterocycles. The van der Waals surface area contributed by atoms with Crippen LogP contribution in [0.3, 0.4) is 0 Å². The average molecular weight is 270 g/mol. The molecule has 6 nitrogen and oxygen atoms in total. The maximum absolute atomic E-state index is 12.0. The van der Waals surface area contributed by atoms with Gasteiger partial charge in [0, 0.05) is 32.2 Å². The summed E-state index contributed by atoms with van der Waals surface area (Å²) in [4.78, 5) is 27.3. The zero-order valence-electron chi connectivity index (χ0n) is 12.2. The van der Waals surface area contributed by atoms with Crippen LogP contribution in [0.25, 0.3) is 0 Å². The Labute approximate surface area is 115 Å². The van der Waals surface area contributed by atoms with Crippen molar-refractivity contribution in [2.45, 2.75) is 26.3 Å². The molecule has 0 aromatic heterocycles. The molecule has 1 fully saturated rings. The van der Waals surface area contributed by atoms with E-state index in [0.717, 1.165) is 32.6 Å². The van der Waals surface area contributed by atoms with Crippen LogP contribution < -0.4 is 10.6 Å². The maximum Gasteiger partial charge on any atom is 0.236 e. The summed E-state index contributed by atoms with van der Waals surface area (Å²) in [5, 5.41) is 6.11. The van der Waals surface area contributed by atoms with Gasteiger partial charge in [0.1, 0.15) is 0 Å². The second-order valence-corrected chi connectivity index (χ2v) is 5.18. The average Bonchev–Trinajstić information content (AvgIpc) is 2.39. The zero-order chi connectivity index (χ0) is 14.3. The van der Waals surface area contributed by atoms with Gasteiger partial charge in [-0.25, -0.2) is 0 Å². The van der Waals surface area contributed by atoms with Crippen molar-refractivity contribution >= 4 is 11.8 Å². The third kappa shape index (κ3) is 6.02. The number of rotatable bonds is 6. The molecule has 1 rings (SSSR count). The van der Waals surface area contributed by atoms with E-state index in [2.05, 4.69) is 10.6 Å². The second-order valence-electron chi connectivity index (χ2n) is 5.18. The molecule has 110 valence electrons. The molecule has 0 aliphatic carbocycles. The predicted octanol–water partition coefficient (Wildman–Crippen LogP) is -0.735. The molecule has 6 heteroatoms. The van der Waals surface area contributed by atoms with E-state index in [1.54, 1.807) is 11.9 Å². The third-order valence-electron chi connectivity index (χ3n) is 3.31. The number of hydrogen-bond donors (Lipinski definition) is 2. The van der Waals surface area contributed by atoms with Crippen LogP contribution in [-0.2, 0) is 9.59 Å². The zero-order valence-corrected chi connectivity index (χ0v) is 12.2. The van der Waals surface area contributed by atoms with Crippen LogP contribution in [0.4, 0.5) is 0 Å². The van der Waals surface area contributed by atoms with Gasteiger partial charge in [0.05, 0.1) is 13.1 Å². The van der Waals surface area contributed by atoms with E-state index in [1.807, 2.05) is 18.7 Å². The lowest BCUT2D eigenvalue weighted by molar-refractivity contribution is -0.133. The van der Waals surface area contributed by atoms with Crippen LogP contribution in [0.5, 0.6) is 0 Å². The lowest BCUT2D eigenvalue weighted by Crippen LogP contribution is -2.50. The Bertz CT molecular complexity index is 303. The summed E-state index contributed by atoms with van der Waals surface area (Å²) in [7, 11) is 1.80. The first-order chi connectivity index (χ1) is 9.02. The van der Waals surface area contributed by atoms with E-state index in [9.17, 15) is 9.59 Å². The first-order valence-corrected chi connectivity index (χ1v) is 6.99. The maximum atomic E-state index is 12.0. The van der Waals surface area contributed by atoms with Crippen molar-refractivity contribution in [3.05, 3.63) is 0 Å². The predicted molar refractivity (Wildman–Crippen MR) is 74.8 cm³/mol. The molecule has 0 aromatic rings. The van der Waals surface area contributed by atoms with Crippen molar-refractivity contribution < 1.29 is 9.59 Å². The van der Waals surface area contributed by atoms with E-state index < -0.39 is 0 Å². The third-order valence-corrected chi connectivity index (χ3v) is 3.31. The summed E-state index contributed by atoms with van der Waals surface area (Å²) in [5.41, 5.74) is 0. The number of nitrogens with one attached hydrogen (secondary N) is 2. The van der Waals surface area contributed by atoms with Gasteiger partial charge >= 0.3 is 0 Å². The minimum absolute atomic E-state index is 0.0232. The summed E-state index contributed by atoms with van der Waals surface area (Å²) < 4.78 is 0. The summed E-state index contributed by atoms with van der Waals surface area (Å²) in [5.74, 6) is 0.0744. The highest BCUT2D eigenvalue weighted by atomic mass is 16.2. The Morgan fingerprint density at radius 3 is 2.53 bits per heavy atom. The number of likely N-dealkylation sites (N-methyl/N-ethyl adjacent to an activating group) is 1. The number of piperazine rings is 1. The Balaban J connectivity index is 2.27. The number of hydrogen-bond acceptors (Lipinski definition) is 4. The molecule has 0 bridgehead atoms. The van der Waals surface area contributed by atoms with Gasteiger partial charge < -0.3 is 15.5 Å². The Hall–Kier alpha value is -1.14. The van der Waals surface area contributed by atoms with Crippen LogP contribution in [-0.4, -0.2) is 74.0 Å². The lowest BCUT2D eigenvalue weighted by Gasteiger charge is -2.29. The van der Waals surface area contributed by atoms with Crippen molar-refractivity contribution in [2.75, 3.05) is 46.3 Å². The molecule has 0 aromatic carbocycles. The van der Waals surface area contributed by atoms with Crippen molar-refractivity contribution in [3.8, 4) is 0 Å². The molecule has 19 heavy (non-hydrogen) atoms. The highest BCUT2D eigenvalue weighted by Crippen LogP contribution is 1.96. The molecule has 1 atom stereocenters. The molecular weight excluding hydrogens is 244 g/mol. The van der Waals surface area contributed by atoms with Crippen LogP contribution in [0.2, 0.25) is 0 Å². The molecule has 1 aliphatic heterocycles. The van der Waals surface area contributed by atoms with Gasteiger partial charge in [-0.2, -0.15) is 0 Å². The summed E-state index contributed by atoms with van der Waals surface area (Å²) in [6.07, 6.45) is 0.912. The van der Waals surface area contributed by atoms with E-state index in [0.29, 0.717) is 6.54 Å². The number of carbonyl (C=O) groups is 2. The topological polar surface area (TPSA) is 64.7 Å². The fourth-order valence-electron chi connectivity index (χ4n) is 1.97. The van der Waals surface area contributed by atoms with Gasteiger partial charge in [0.25, 0.3) is 0 Å². The van der Waals surface area contributed by atoms with Gasteiger partial charge in [0.15, 0.2) is 0 Å². The minimum Gasteiger partial charge on any atom is -0.353 e. The van der Waals surface area contributed by atoms with Gasteiger partial charge in [-0.05, 0) is 20.4 Å². The van der Waals surface area contributed by atoms with E-state index in [1.165, 1.54) is 0 Å². The normalized spacial score (nSPS) is 17.4. The van der Waals surface area contributed by atoms with E-state index in [4.69, 9.17) is 0 Å². The van der Waals surface area contributed by atoms with E-state index >= 15 is 0 Å². The lowest BCUT2D eigenvalue weighted by atomic mass is 10.2. The van der Waals surface area contributed by atoms with Crippen LogP contribution in [0.1, 0.15) is 20.3 Å². The van der Waals surface area contributed by atoms with Crippen LogP contribution in [0, 0.1) is 0 Å². The quantitative estimate of drug-likeness (QED) is 0.667. The Morgan fingerprint density at radius 2 is 1.95 bits per heavy atom. The molecule has 0 spiro atoms. The van der Waals surface area contributed by atoms with Gasteiger partial charge in [-0.15, -0.1) is 0 Å². The summed E-state index contributed by atoms with van der Waals surface area (Å²) in [6, 6.07) is 0.185. The number of carbonyl (C=O) groups excluding carboxylic acids is 2. The molecule has 1 aliphatic rings. The molecular formula is C13H26N4O2. The molecule has 0 saturated carbocycles. The van der Waals surface area contributed by atoms with Crippen molar-refractivity contribution in [2.24, 2.45) is 0 Å². The molecule has 2 N–H and O–H groups in total. The summed E-state index contributed by atoms with van der Waals surface area (Å²) >= 11 is 0. The smallest absolute Gasteiger partial charge is 0.236 e. The van der Waals surface area contributed by atoms with Crippen LogP contribution in [0.15, 0.2) is 0 Å². The van der Waals surface area contributed by atoms with Gasteiger partial charge in [-0.1, -0.05) is 6.92 Å². The first kappa shape index (κ1) is 15.9. The molecule has 2 amide bonds. The van der Waals surface area contributed by atoms with Crippen molar-refractivity contribution in [1.82, 2.24) is 20.4 Å². The number of amides is 2. The fourth-order valence-corrected chi connectivity index (χ4v) is 1.97. The number of nitrogens with zero attached hydrogens (tertiary/aromatic N) is 2. The van der Waals surface area contributed by atoms with Crippen molar-refractivity contribution in [1.29, 1.82) is 0 Å². The molecule has 1 unspecified atom stereocenters. The summed E-state index contributed by atoms with van der Waals surface area (Å²) in [6.45, 7) is 7.79. The largest absolute Gasteiger partial charge is 0.353 e. The molecule has 1 saturated heterocycles. The van der Waals surface area contributed by atoms with Gasteiger partial charge in [-0.3, -0.25) is 14.5 Å². The van der Waals surface area contributed by atoms with Gasteiger partial charge in [0.2, 0.25) is 11.8 Å². The standard InChI is InChI=1S/C13H26N4O2/c1-4-11(2)15-12(18)9-16(3)10-13(19)17-7-5-14-6-8-17/h11,14H,4-10H2,1-3H3,(H,15,18). The van der Waals surface area contributed by atoms with E-state index in [-0.39, 0.29) is 24.4 Å². The Morgan fingerprint density at radius 1 is 1.32 bits per heavy atom. The monoisotopic (exact) mass is 270 g/mol. The fraction of sp³-hybridized carbons (Fsp3) is 0.846. The SMILES string of the molecule is CCC(C)NC(=O)CN(C)CC(=O)N1CCNCC1. The Kier molecular flexibility index (Phi) is 6.80. The molecule has 0 radical (unpaired) electrons. The van der Waals surface area contributed by atoms with Crippen molar-refractivity contribution in [3.63, 3.8) is 0 Å². The first-order valence-electron chi connectivity index (χ1n) is 6.99.